The summed E-state index contributed by atoms with van der Waals surface area (Å²) in [4.78, 5) is 10.8. The highest BCUT2D eigenvalue weighted by molar-refractivity contribution is 7.90. The zero-order chi connectivity index (χ0) is 13.9. The van der Waals surface area contributed by atoms with Gasteiger partial charge in [-0.2, -0.15) is 17.8 Å². The highest BCUT2D eigenvalue weighted by Gasteiger charge is 2.31. The molecular formula is C10H14N4O4S. The van der Waals surface area contributed by atoms with Crippen LogP contribution in [0.15, 0.2) is 18.3 Å². The maximum Gasteiger partial charge on any atom is 0.306 e. The van der Waals surface area contributed by atoms with Gasteiger partial charge < -0.3 is 5.11 Å². The number of piperidine rings is 1. The van der Waals surface area contributed by atoms with Gasteiger partial charge in [0.05, 0.1) is 5.92 Å². The largest absolute Gasteiger partial charge is 0.481 e. The van der Waals surface area contributed by atoms with Crippen LogP contribution in [0.4, 0.5) is 5.82 Å². The molecule has 8 nitrogen and oxygen atoms in total. The Morgan fingerprint density at radius 1 is 1.42 bits per heavy atom. The number of hydrogen-bond donors (Lipinski definition) is 2. The first-order valence-corrected chi connectivity index (χ1v) is 7.21. The summed E-state index contributed by atoms with van der Waals surface area (Å²) in [5.41, 5.74) is 0. The van der Waals surface area contributed by atoms with Crippen molar-refractivity contribution in [2.45, 2.75) is 12.8 Å². The van der Waals surface area contributed by atoms with Crippen molar-refractivity contribution in [2.24, 2.45) is 5.92 Å². The molecule has 0 bridgehead atoms. The minimum Gasteiger partial charge on any atom is -0.481 e. The molecule has 0 aliphatic carbocycles. The number of hydrogen-bond acceptors (Lipinski definition) is 5. The van der Waals surface area contributed by atoms with Crippen LogP contribution in [-0.4, -0.2) is 47.1 Å². The summed E-state index contributed by atoms with van der Waals surface area (Å²) in [6.07, 6.45) is 2.07. The lowest BCUT2D eigenvalue weighted by molar-refractivity contribution is -0.142. The highest BCUT2D eigenvalue weighted by atomic mass is 32.2. The fraction of sp³-hybridized carbons (Fsp3) is 0.500. The van der Waals surface area contributed by atoms with Crippen LogP contribution in [0.1, 0.15) is 12.8 Å². The van der Waals surface area contributed by atoms with E-state index >= 15 is 0 Å². The molecule has 1 saturated heterocycles. The Balaban J connectivity index is 2.00. The second kappa shape index (κ2) is 5.49. The summed E-state index contributed by atoms with van der Waals surface area (Å²) in [6.45, 7) is 0.374. The highest BCUT2D eigenvalue weighted by Crippen LogP contribution is 2.20. The molecule has 19 heavy (non-hydrogen) atoms. The Morgan fingerprint density at radius 3 is 2.63 bits per heavy atom. The third-order valence-corrected chi connectivity index (χ3v) is 4.46. The summed E-state index contributed by atoms with van der Waals surface area (Å²) in [7, 11) is -3.70. The van der Waals surface area contributed by atoms with E-state index in [1.807, 2.05) is 0 Å². The topological polar surface area (TPSA) is 112 Å². The van der Waals surface area contributed by atoms with E-state index in [2.05, 4.69) is 14.9 Å². The predicted octanol–water partition coefficient (Wildman–Crippen LogP) is -0.0701. The normalized spacial score (nSPS) is 18.1. The van der Waals surface area contributed by atoms with Crippen LogP contribution >= 0.6 is 0 Å². The molecule has 0 unspecified atom stereocenters. The Kier molecular flexibility index (Phi) is 3.96. The van der Waals surface area contributed by atoms with Crippen LogP contribution in [-0.2, 0) is 15.0 Å². The Labute approximate surface area is 110 Å². The van der Waals surface area contributed by atoms with Gasteiger partial charge in [-0.15, -0.1) is 5.10 Å². The average molecular weight is 286 g/mol. The number of carbonyl (C=O) groups is 1. The summed E-state index contributed by atoms with van der Waals surface area (Å²) in [6, 6.07) is 3.07. The number of nitrogens with one attached hydrogen (secondary N) is 1. The number of aromatic nitrogens is 2. The van der Waals surface area contributed by atoms with Crippen LogP contribution in [0.5, 0.6) is 0 Å². The van der Waals surface area contributed by atoms with E-state index in [9.17, 15) is 13.2 Å². The quantitative estimate of drug-likeness (QED) is 0.801. The van der Waals surface area contributed by atoms with Crippen molar-refractivity contribution in [3.8, 4) is 0 Å². The third-order valence-electron chi connectivity index (χ3n) is 2.95. The molecule has 1 aliphatic rings. The van der Waals surface area contributed by atoms with E-state index in [-0.39, 0.29) is 18.9 Å². The van der Waals surface area contributed by atoms with Crippen molar-refractivity contribution in [2.75, 3.05) is 17.8 Å². The van der Waals surface area contributed by atoms with Gasteiger partial charge in [0.1, 0.15) is 0 Å². The molecule has 1 aromatic heterocycles. The van der Waals surface area contributed by atoms with E-state index < -0.39 is 22.1 Å². The number of nitrogens with zero attached hydrogens (tertiary/aromatic N) is 3. The fourth-order valence-electron chi connectivity index (χ4n) is 1.90. The number of carboxylic acid groups (broad SMARTS) is 1. The van der Waals surface area contributed by atoms with Crippen LogP contribution < -0.4 is 4.72 Å². The number of aliphatic carboxylic acids is 1. The second-order valence-corrected chi connectivity index (χ2v) is 5.90. The minimum absolute atomic E-state index is 0.142. The van der Waals surface area contributed by atoms with Crippen molar-refractivity contribution < 1.29 is 18.3 Å². The molecule has 9 heteroatoms. The van der Waals surface area contributed by atoms with E-state index in [0.29, 0.717) is 12.8 Å². The van der Waals surface area contributed by atoms with Crippen LogP contribution in [0.3, 0.4) is 0 Å². The molecule has 104 valence electrons. The average Bonchev–Trinajstić information content (AvgIpc) is 2.39. The lowest BCUT2D eigenvalue weighted by Crippen LogP contribution is -2.43. The summed E-state index contributed by atoms with van der Waals surface area (Å²) < 4.78 is 27.6. The summed E-state index contributed by atoms with van der Waals surface area (Å²) in [5.74, 6) is -1.20. The van der Waals surface area contributed by atoms with Crippen molar-refractivity contribution >= 4 is 22.0 Å². The number of carboxylic acids is 1. The van der Waals surface area contributed by atoms with E-state index in [0.717, 1.165) is 0 Å². The predicted molar refractivity (Wildman–Crippen MR) is 66.5 cm³/mol. The van der Waals surface area contributed by atoms with Crippen LogP contribution in [0.25, 0.3) is 0 Å². The maximum absolute atomic E-state index is 12.0. The molecule has 1 aliphatic heterocycles. The van der Waals surface area contributed by atoms with Gasteiger partial charge in [-0.1, -0.05) is 0 Å². The standard InChI is InChI=1S/C10H14N4O4S/c15-10(16)8-3-6-14(7-4-8)19(17,18)13-9-2-1-5-11-12-9/h1-2,5,8H,3-4,6-7H2,(H,12,13)(H,15,16). The first-order valence-electron chi connectivity index (χ1n) is 5.77. The van der Waals surface area contributed by atoms with Crippen molar-refractivity contribution in [1.29, 1.82) is 0 Å². The smallest absolute Gasteiger partial charge is 0.306 e. The minimum atomic E-state index is -3.70. The van der Waals surface area contributed by atoms with E-state index in [1.54, 1.807) is 6.07 Å². The van der Waals surface area contributed by atoms with Crippen molar-refractivity contribution in [3.05, 3.63) is 18.3 Å². The van der Waals surface area contributed by atoms with Gasteiger partial charge in [-0.05, 0) is 25.0 Å². The van der Waals surface area contributed by atoms with Gasteiger partial charge in [-0.3, -0.25) is 9.52 Å². The maximum atomic E-state index is 12.0. The number of anilines is 1. The van der Waals surface area contributed by atoms with Gasteiger partial charge in [0.25, 0.3) is 0 Å². The van der Waals surface area contributed by atoms with Crippen molar-refractivity contribution in [3.63, 3.8) is 0 Å². The second-order valence-electron chi connectivity index (χ2n) is 4.23. The molecule has 1 fully saturated rings. The van der Waals surface area contributed by atoms with Gasteiger partial charge >= 0.3 is 16.2 Å². The number of rotatable bonds is 4. The molecule has 0 saturated carbocycles. The third kappa shape index (κ3) is 3.38. The molecule has 2 heterocycles. The van der Waals surface area contributed by atoms with Crippen molar-refractivity contribution in [1.82, 2.24) is 14.5 Å². The molecule has 1 aromatic rings. The fourth-order valence-corrected chi connectivity index (χ4v) is 3.09. The zero-order valence-corrected chi connectivity index (χ0v) is 10.9. The first-order chi connectivity index (χ1) is 8.99. The molecule has 0 atom stereocenters. The molecule has 0 spiro atoms. The zero-order valence-electron chi connectivity index (χ0n) is 10.1. The van der Waals surface area contributed by atoms with Gasteiger partial charge in [0.2, 0.25) is 0 Å². The van der Waals surface area contributed by atoms with Gasteiger partial charge in [0, 0.05) is 19.3 Å². The Morgan fingerprint density at radius 2 is 2.11 bits per heavy atom. The Hall–Kier alpha value is -1.74. The molecule has 2 N–H and O–H groups in total. The lowest BCUT2D eigenvalue weighted by atomic mass is 9.99. The van der Waals surface area contributed by atoms with Gasteiger partial charge in [-0.25, -0.2) is 0 Å². The van der Waals surface area contributed by atoms with Crippen LogP contribution in [0, 0.1) is 5.92 Å². The molecule has 0 amide bonds. The molecular weight excluding hydrogens is 272 g/mol. The molecule has 2 rings (SSSR count). The van der Waals surface area contributed by atoms with Crippen LogP contribution in [0.2, 0.25) is 0 Å². The molecule has 0 aromatic carbocycles. The van der Waals surface area contributed by atoms with E-state index in [4.69, 9.17) is 5.11 Å². The van der Waals surface area contributed by atoms with Gasteiger partial charge in [0.15, 0.2) is 5.82 Å². The monoisotopic (exact) mass is 286 g/mol. The summed E-state index contributed by atoms with van der Waals surface area (Å²) in [5, 5.41) is 16.1. The SMILES string of the molecule is O=C(O)C1CCN(S(=O)(=O)Nc2cccnn2)CC1. The Bertz CT molecular complexity index is 540. The lowest BCUT2D eigenvalue weighted by Gasteiger charge is -2.29. The van der Waals surface area contributed by atoms with E-state index in [1.165, 1.54) is 16.6 Å². The first kappa shape index (κ1) is 13.7. The summed E-state index contributed by atoms with van der Waals surface area (Å²) >= 11 is 0. The molecule has 0 radical (unpaired) electrons.